The van der Waals surface area contributed by atoms with Crippen LogP contribution in [0.25, 0.3) is 5.70 Å². The van der Waals surface area contributed by atoms with Gasteiger partial charge in [-0.2, -0.15) is 13.2 Å². The second-order valence-electron chi connectivity index (χ2n) is 5.77. The number of carbonyl (C=O) groups excluding carboxylic acids is 2. The molecule has 3 rings (SSSR count). The third-order valence-electron chi connectivity index (χ3n) is 3.88. The lowest BCUT2D eigenvalue weighted by Gasteiger charge is -2.40. The van der Waals surface area contributed by atoms with Gasteiger partial charge in [-0.25, -0.2) is 9.78 Å². The van der Waals surface area contributed by atoms with Gasteiger partial charge in [0.1, 0.15) is 0 Å². The van der Waals surface area contributed by atoms with Gasteiger partial charge in [0.2, 0.25) is 5.91 Å². The molecule has 1 atom stereocenters. The minimum absolute atomic E-state index is 0.0126. The highest BCUT2D eigenvalue weighted by molar-refractivity contribution is 7.13. The molecule has 0 saturated carbocycles. The number of hydrogen-bond donors (Lipinski definition) is 2. The van der Waals surface area contributed by atoms with Gasteiger partial charge in [-0.3, -0.25) is 4.79 Å². The van der Waals surface area contributed by atoms with Crippen LogP contribution in [0.5, 0.6) is 0 Å². The van der Waals surface area contributed by atoms with E-state index in [-0.39, 0.29) is 16.4 Å². The first kappa shape index (κ1) is 18.9. The molecule has 0 aliphatic carbocycles. The number of hydrogen-bond acceptors (Lipinski definition) is 6. The van der Waals surface area contributed by atoms with Gasteiger partial charge in [0.15, 0.2) is 5.13 Å². The average molecular weight is 397 g/mol. The predicted octanol–water partition coefficient (Wildman–Crippen LogP) is 3.31. The molecule has 1 aliphatic heterocycles. The second kappa shape index (κ2) is 7.03. The molecule has 1 aromatic heterocycles. The Morgan fingerprint density at radius 3 is 2.63 bits per heavy atom. The third-order valence-corrected chi connectivity index (χ3v) is 4.57. The number of benzene rings is 1. The van der Waals surface area contributed by atoms with Gasteiger partial charge in [-0.15, -0.1) is 11.3 Å². The topological polar surface area (TPSA) is 80.3 Å². The van der Waals surface area contributed by atoms with E-state index in [9.17, 15) is 22.8 Å². The van der Waals surface area contributed by atoms with Crippen LogP contribution >= 0.6 is 11.3 Å². The highest BCUT2D eigenvalue weighted by Gasteiger charge is 2.62. The number of nitrogens with one attached hydrogen (secondary N) is 2. The summed E-state index contributed by atoms with van der Waals surface area (Å²) in [5.74, 6) is -2.14. The van der Waals surface area contributed by atoms with E-state index in [4.69, 9.17) is 0 Å². The zero-order valence-electron chi connectivity index (χ0n) is 14.0. The van der Waals surface area contributed by atoms with E-state index >= 15 is 0 Å². The van der Waals surface area contributed by atoms with Gasteiger partial charge in [-0.05, 0) is 12.5 Å². The number of anilines is 1. The molecule has 2 N–H and O–H groups in total. The maximum absolute atomic E-state index is 13.9. The van der Waals surface area contributed by atoms with Crippen LogP contribution in [0.4, 0.5) is 18.3 Å². The summed E-state index contributed by atoms with van der Waals surface area (Å²) in [7, 11) is 0. The van der Waals surface area contributed by atoms with Crippen molar-refractivity contribution in [3.8, 4) is 0 Å². The van der Waals surface area contributed by atoms with Gasteiger partial charge in [-0.1, -0.05) is 30.3 Å². The molecule has 0 bridgehead atoms. The zero-order chi connectivity index (χ0) is 19.7. The van der Waals surface area contributed by atoms with Crippen LogP contribution in [0, 0.1) is 0 Å². The van der Waals surface area contributed by atoms with E-state index in [1.807, 2.05) is 0 Å². The first-order valence-electron chi connectivity index (χ1n) is 7.76. The van der Waals surface area contributed by atoms with Gasteiger partial charge >= 0.3 is 12.1 Å². The largest absolute Gasteiger partial charge is 0.449 e. The van der Waals surface area contributed by atoms with Crippen LogP contribution in [0.15, 0.2) is 47.5 Å². The number of thiazole rings is 1. The summed E-state index contributed by atoms with van der Waals surface area (Å²) in [6.07, 6.45) is -4.80. The summed E-state index contributed by atoms with van der Waals surface area (Å²) >= 11 is 1.06. The van der Waals surface area contributed by atoms with Crippen LogP contribution in [0.3, 0.4) is 0 Å². The Balaban J connectivity index is 1.95. The summed E-state index contributed by atoms with van der Waals surface area (Å²) in [5, 5.41) is 6.23. The second-order valence-corrected chi connectivity index (χ2v) is 6.66. The van der Waals surface area contributed by atoms with E-state index in [1.54, 1.807) is 35.7 Å². The smallest absolute Gasteiger partial charge is 0.425 e. The SMILES string of the molecule is CC1=C(c2ccccc2)NC(CC(=O)Nc2nccs2)(C(F)(F)F)OC1=O. The highest BCUT2D eigenvalue weighted by Crippen LogP contribution is 2.40. The molecular weight excluding hydrogens is 383 g/mol. The quantitative estimate of drug-likeness (QED) is 0.774. The van der Waals surface area contributed by atoms with Crippen molar-refractivity contribution in [3.63, 3.8) is 0 Å². The number of alkyl halides is 3. The van der Waals surface area contributed by atoms with E-state index in [2.05, 4.69) is 20.4 Å². The molecule has 1 amide bonds. The molecule has 2 aromatic rings. The number of carbonyl (C=O) groups is 2. The van der Waals surface area contributed by atoms with Gasteiger partial charge in [0.05, 0.1) is 17.7 Å². The van der Waals surface area contributed by atoms with Gasteiger partial charge in [0.25, 0.3) is 5.72 Å². The summed E-state index contributed by atoms with van der Waals surface area (Å²) < 4.78 is 46.3. The normalized spacial score (nSPS) is 20.1. The Morgan fingerprint density at radius 2 is 2.04 bits per heavy atom. The molecule has 0 saturated heterocycles. The standard InChI is InChI=1S/C17H14F3N3O3S/c1-10-13(11-5-3-2-4-6-11)23-16(17(18,19)20,26-14(10)25)9-12(24)22-15-21-7-8-27-15/h2-8,23H,9H2,1H3,(H,21,22,24). The van der Waals surface area contributed by atoms with Crippen LogP contribution < -0.4 is 10.6 Å². The van der Waals surface area contributed by atoms with Crippen molar-refractivity contribution >= 4 is 34.0 Å². The molecule has 0 spiro atoms. The number of halogens is 3. The van der Waals surface area contributed by atoms with E-state index in [0.717, 1.165) is 11.3 Å². The Bertz CT molecular complexity index is 882. The monoisotopic (exact) mass is 397 g/mol. The number of rotatable bonds is 4. The fraction of sp³-hybridized carbons (Fsp3) is 0.235. The molecule has 1 unspecified atom stereocenters. The first-order chi connectivity index (χ1) is 12.7. The highest BCUT2D eigenvalue weighted by atomic mass is 32.1. The Hall–Kier alpha value is -2.88. The molecule has 27 heavy (non-hydrogen) atoms. The van der Waals surface area contributed by atoms with Crippen molar-refractivity contribution in [1.29, 1.82) is 0 Å². The van der Waals surface area contributed by atoms with Gasteiger partial charge < -0.3 is 15.4 Å². The maximum atomic E-state index is 13.9. The summed E-state index contributed by atoms with van der Waals surface area (Å²) in [5.41, 5.74) is -2.86. The fourth-order valence-electron chi connectivity index (χ4n) is 2.54. The molecule has 2 heterocycles. The Labute approximate surface area is 156 Å². The van der Waals surface area contributed by atoms with Crippen molar-refractivity contribution in [3.05, 3.63) is 53.0 Å². The number of aromatic nitrogens is 1. The van der Waals surface area contributed by atoms with Crippen molar-refractivity contribution in [2.75, 3.05) is 5.32 Å². The molecule has 0 fully saturated rings. The first-order valence-corrected chi connectivity index (χ1v) is 8.64. The molecule has 0 radical (unpaired) electrons. The lowest BCUT2D eigenvalue weighted by atomic mass is 9.99. The number of ether oxygens (including phenoxy) is 1. The number of esters is 1. The molecule has 10 heteroatoms. The summed E-state index contributed by atoms with van der Waals surface area (Å²) in [6.45, 7) is 1.35. The number of amides is 1. The van der Waals surface area contributed by atoms with E-state index in [1.165, 1.54) is 13.1 Å². The molecule has 142 valence electrons. The molecular formula is C17H14F3N3O3S. The zero-order valence-corrected chi connectivity index (χ0v) is 14.8. The lowest BCUT2D eigenvalue weighted by Crippen LogP contribution is -2.62. The fourth-order valence-corrected chi connectivity index (χ4v) is 3.08. The minimum atomic E-state index is -5.04. The van der Waals surface area contributed by atoms with Crippen LogP contribution in [0.1, 0.15) is 18.9 Å². The average Bonchev–Trinajstić information content (AvgIpc) is 3.10. The van der Waals surface area contributed by atoms with Crippen molar-refractivity contribution in [1.82, 2.24) is 10.3 Å². The van der Waals surface area contributed by atoms with Crippen LogP contribution in [0.2, 0.25) is 0 Å². The van der Waals surface area contributed by atoms with E-state index < -0.39 is 30.2 Å². The Morgan fingerprint density at radius 1 is 1.33 bits per heavy atom. The lowest BCUT2D eigenvalue weighted by molar-refractivity contribution is -0.277. The maximum Gasteiger partial charge on any atom is 0.449 e. The number of cyclic esters (lactones) is 1. The van der Waals surface area contributed by atoms with E-state index in [0.29, 0.717) is 5.56 Å². The Kier molecular flexibility index (Phi) is 4.92. The number of nitrogens with zero attached hydrogens (tertiary/aromatic N) is 1. The molecule has 1 aliphatic rings. The van der Waals surface area contributed by atoms with Crippen LogP contribution in [-0.2, 0) is 14.3 Å². The predicted molar refractivity (Wildman–Crippen MR) is 92.4 cm³/mol. The van der Waals surface area contributed by atoms with Gasteiger partial charge in [0, 0.05) is 11.6 Å². The molecule has 1 aromatic carbocycles. The van der Waals surface area contributed by atoms with Crippen molar-refractivity contribution in [2.45, 2.75) is 25.2 Å². The minimum Gasteiger partial charge on any atom is -0.425 e. The third kappa shape index (κ3) is 3.80. The molecule has 6 nitrogen and oxygen atoms in total. The summed E-state index contributed by atoms with van der Waals surface area (Å²) in [4.78, 5) is 28.1. The van der Waals surface area contributed by atoms with Crippen LogP contribution in [-0.4, -0.2) is 28.8 Å². The van der Waals surface area contributed by atoms with Crippen molar-refractivity contribution < 1.29 is 27.5 Å². The summed E-state index contributed by atoms with van der Waals surface area (Å²) in [6, 6.07) is 8.06. The van der Waals surface area contributed by atoms with Crippen molar-refractivity contribution in [2.24, 2.45) is 0 Å².